The van der Waals surface area contributed by atoms with Gasteiger partial charge in [0.15, 0.2) is 0 Å². The van der Waals surface area contributed by atoms with Crippen molar-refractivity contribution < 1.29 is 19.0 Å². The van der Waals surface area contributed by atoms with E-state index in [1.807, 2.05) is 0 Å². The van der Waals surface area contributed by atoms with Gasteiger partial charge in [-0.15, -0.1) is 11.6 Å². The quantitative estimate of drug-likeness (QED) is 0.771. The lowest BCUT2D eigenvalue weighted by Gasteiger charge is -2.08. The molecule has 0 radical (unpaired) electrons. The highest BCUT2D eigenvalue weighted by Gasteiger charge is 2.18. The molecule has 0 amide bonds. The maximum atomic E-state index is 12.3. The fourth-order valence-electron chi connectivity index (χ4n) is 1.01. The fourth-order valence-corrected chi connectivity index (χ4v) is 1.21. The standard InChI is InChI=1S/C8H8ClF2NO2/c9-2-4-1-5(3-13)12-6(7(4)14)8(10)11/h1,8,13-14H,2-3H2. The highest BCUT2D eigenvalue weighted by molar-refractivity contribution is 6.17. The molecule has 2 N–H and O–H groups in total. The number of hydrogen-bond donors (Lipinski definition) is 2. The Hall–Kier alpha value is -0.940. The van der Waals surface area contributed by atoms with E-state index in [-0.39, 0.29) is 17.1 Å². The van der Waals surface area contributed by atoms with Crippen LogP contribution < -0.4 is 0 Å². The minimum Gasteiger partial charge on any atom is -0.505 e. The molecule has 0 atom stereocenters. The van der Waals surface area contributed by atoms with E-state index < -0.39 is 24.5 Å². The molecule has 1 heterocycles. The van der Waals surface area contributed by atoms with Crippen LogP contribution in [0.4, 0.5) is 8.78 Å². The average molecular weight is 224 g/mol. The second-order valence-electron chi connectivity index (χ2n) is 2.60. The van der Waals surface area contributed by atoms with E-state index >= 15 is 0 Å². The molecule has 6 heteroatoms. The first-order valence-electron chi connectivity index (χ1n) is 3.76. The number of aliphatic hydroxyl groups is 1. The maximum Gasteiger partial charge on any atom is 0.284 e. The molecule has 14 heavy (non-hydrogen) atoms. The first kappa shape index (κ1) is 11.1. The van der Waals surface area contributed by atoms with Crippen molar-refractivity contribution in [3.05, 3.63) is 23.0 Å². The summed E-state index contributed by atoms with van der Waals surface area (Å²) in [4.78, 5) is 3.39. The number of aromatic nitrogens is 1. The topological polar surface area (TPSA) is 53.4 Å². The zero-order valence-corrected chi connectivity index (χ0v) is 7.80. The molecule has 0 spiro atoms. The molecule has 1 aromatic heterocycles. The zero-order chi connectivity index (χ0) is 10.7. The maximum absolute atomic E-state index is 12.3. The summed E-state index contributed by atoms with van der Waals surface area (Å²) < 4.78 is 24.6. The summed E-state index contributed by atoms with van der Waals surface area (Å²) in [7, 11) is 0. The lowest BCUT2D eigenvalue weighted by molar-refractivity contribution is 0.140. The Balaban J connectivity index is 3.27. The molecule has 1 aromatic rings. The summed E-state index contributed by atoms with van der Waals surface area (Å²) >= 11 is 5.42. The van der Waals surface area contributed by atoms with Gasteiger partial charge in [0, 0.05) is 5.56 Å². The van der Waals surface area contributed by atoms with E-state index in [1.165, 1.54) is 6.07 Å². The Labute approximate surface area is 84.0 Å². The second-order valence-corrected chi connectivity index (χ2v) is 2.87. The van der Waals surface area contributed by atoms with Crippen molar-refractivity contribution >= 4 is 11.6 Å². The lowest BCUT2D eigenvalue weighted by atomic mass is 10.2. The molecule has 3 nitrogen and oxygen atoms in total. The third kappa shape index (κ3) is 2.10. The van der Waals surface area contributed by atoms with Crippen molar-refractivity contribution in [3.63, 3.8) is 0 Å². The molecule has 0 unspecified atom stereocenters. The number of aromatic hydroxyl groups is 1. The Morgan fingerprint density at radius 3 is 2.57 bits per heavy atom. The molecule has 0 saturated heterocycles. The second kappa shape index (κ2) is 4.52. The van der Waals surface area contributed by atoms with Gasteiger partial charge in [-0.05, 0) is 6.07 Å². The van der Waals surface area contributed by atoms with Crippen molar-refractivity contribution in [2.45, 2.75) is 18.9 Å². The highest BCUT2D eigenvalue weighted by atomic mass is 35.5. The molecule has 0 aliphatic carbocycles. The third-order valence-corrected chi connectivity index (χ3v) is 1.95. The minimum atomic E-state index is -2.89. The summed E-state index contributed by atoms with van der Waals surface area (Å²) in [6.45, 7) is -0.468. The summed E-state index contributed by atoms with van der Waals surface area (Å²) in [5.74, 6) is -0.714. The molecule has 78 valence electrons. The number of pyridine rings is 1. The predicted octanol–water partition coefficient (Wildman–Crippen LogP) is 1.96. The van der Waals surface area contributed by atoms with Gasteiger partial charge in [-0.2, -0.15) is 0 Å². The van der Waals surface area contributed by atoms with Gasteiger partial charge in [0.1, 0.15) is 11.4 Å². The van der Waals surface area contributed by atoms with Crippen molar-refractivity contribution in [3.8, 4) is 5.75 Å². The van der Waals surface area contributed by atoms with E-state index in [0.717, 1.165) is 0 Å². The van der Waals surface area contributed by atoms with Gasteiger partial charge in [0.05, 0.1) is 18.2 Å². The van der Waals surface area contributed by atoms with Crippen LogP contribution in [-0.4, -0.2) is 15.2 Å². The molecule has 0 fully saturated rings. The van der Waals surface area contributed by atoms with Crippen molar-refractivity contribution in [1.29, 1.82) is 0 Å². The normalized spacial score (nSPS) is 10.9. The van der Waals surface area contributed by atoms with Crippen LogP contribution in [0.2, 0.25) is 0 Å². The van der Waals surface area contributed by atoms with Crippen molar-refractivity contribution in [1.82, 2.24) is 4.98 Å². The van der Waals surface area contributed by atoms with E-state index in [4.69, 9.17) is 16.7 Å². The van der Waals surface area contributed by atoms with Gasteiger partial charge in [-0.25, -0.2) is 13.8 Å². The summed E-state index contributed by atoms with van der Waals surface area (Å²) in [6.07, 6.45) is -2.89. The minimum absolute atomic E-state index is 0.0637. The summed E-state index contributed by atoms with van der Waals surface area (Å²) in [5.41, 5.74) is -0.540. The highest BCUT2D eigenvalue weighted by Crippen LogP contribution is 2.30. The Kier molecular flexibility index (Phi) is 3.60. The van der Waals surface area contributed by atoms with E-state index in [9.17, 15) is 13.9 Å². The Bertz CT molecular complexity index is 333. The first-order valence-corrected chi connectivity index (χ1v) is 4.30. The van der Waals surface area contributed by atoms with Crippen LogP contribution in [0.25, 0.3) is 0 Å². The number of halogens is 3. The molecule has 0 aliphatic rings. The molecule has 0 aromatic carbocycles. The molecular formula is C8H8ClF2NO2. The number of nitrogens with zero attached hydrogens (tertiary/aromatic N) is 1. The summed E-state index contributed by atoms with van der Waals surface area (Å²) in [5, 5.41) is 18.0. The third-order valence-electron chi connectivity index (χ3n) is 1.66. The van der Waals surface area contributed by atoms with Gasteiger partial charge < -0.3 is 10.2 Å². The molecule has 1 rings (SSSR count). The molecule has 0 aliphatic heterocycles. The molecular weight excluding hydrogens is 216 g/mol. The first-order chi connectivity index (χ1) is 6.60. The number of rotatable bonds is 3. The largest absolute Gasteiger partial charge is 0.505 e. The van der Waals surface area contributed by atoms with Gasteiger partial charge >= 0.3 is 0 Å². The van der Waals surface area contributed by atoms with E-state index in [1.54, 1.807) is 0 Å². The number of hydrogen-bond acceptors (Lipinski definition) is 3. The van der Waals surface area contributed by atoms with Crippen LogP contribution in [0.1, 0.15) is 23.4 Å². The molecule has 0 saturated carbocycles. The van der Waals surface area contributed by atoms with Crippen LogP contribution in [0.15, 0.2) is 6.07 Å². The van der Waals surface area contributed by atoms with Gasteiger partial charge in [-0.1, -0.05) is 0 Å². The van der Waals surface area contributed by atoms with Crippen molar-refractivity contribution in [2.75, 3.05) is 0 Å². The average Bonchev–Trinajstić information content (AvgIpc) is 2.17. The Morgan fingerprint density at radius 1 is 1.50 bits per heavy atom. The number of aliphatic hydroxyl groups excluding tert-OH is 1. The zero-order valence-electron chi connectivity index (χ0n) is 7.04. The monoisotopic (exact) mass is 223 g/mol. The summed E-state index contributed by atoms with van der Waals surface area (Å²) in [6, 6.07) is 1.29. The lowest BCUT2D eigenvalue weighted by Crippen LogP contribution is -1.99. The van der Waals surface area contributed by atoms with Crippen LogP contribution >= 0.6 is 11.6 Å². The van der Waals surface area contributed by atoms with Crippen LogP contribution in [0, 0.1) is 0 Å². The number of alkyl halides is 3. The van der Waals surface area contributed by atoms with Gasteiger partial charge in [-0.3, -0.25) is 0 Å². The van der Waals surface area contributed by atoms with Crippen LogP contribution in [0.5, 0.6) is 5.75 Å². The van der Waals surface area contributed by atoms with Gasteiger partial charge in [0.2, 0.25) is 0 Å². The smallest absolute Gasteiger partial charge is 0.284 e. The van der Waals surface area contributed by atoms with Crippen LogP contribution in [-0.2, 0) is 12.5 Å². The fraction of sp³-hybridized carbons (Fsp3) is 0.375. The van der Waals surface area contributed by atoms with Crippen LogP contribution in [0.3, 0.4) is 0 Å². The predicted molar refractivity (Wildman–Crippen MR) is 46.3 cm³/mol. The van der Waals surface area contributed by atoms with Gasteiger partial charge in [0.25, 0.3) is 6.43 Å². The van der Waals surface area contributed by atoms with E-state index in [2.05, 4.69) is 4.98 Å². The molecule has 0 bridgehead atoms. The Morgan fingerprint density at radius 2 is 2.14 bits per heavy atom. The van der Waals surface area contributed by atoms with Crippen molar-refractivity contribution in [2.24, 2.45) is 0 Å². The SMILES string of the molecule is OCc1cc(CCl)c(O)c(C(F)F)n1. The van der Waals surface area contributed by atoms with E-state index in [0.29, 0.717) is 0 Å².